The summed E-state index contributed by atoms with van der Waals surface area (Å²) >= 11 is 0. The SMILES string of the molecule is COC(=O)CC[C@H](NC(=O)c1cccc(NC(C)=O)c1)C(=O)O. The summed E-state index contributed by atoms with van der Waals surface area (Å²) in [6, 6.07) is 4.86. The second-order valence-corrected chi connectivity index (χ2v) is 4.74. The van der Waals surface area contributed by atoms with E-state index in [2.05, 4.69) is 15.4 Å². The van der Waals surface area contributed by atoms with Gasteiger partial charge in [0.2, 0.25) is 5.91 Å². The van der Waals surface area contributed by atoms with Crippen LogP contribution in [0, 0.1) is 0 Å². The number of rotatable bonds is 7. The molecule has 1 aromatic rings. The third-order valence-electron chi connectivity index (χ3n) is 2.91. The van der Waals surface area contributed by atoms with Gasteiger partial charge < -0.3 is 20.5 Å². The van der Waals surface area contributed by atoms with E-state index in [9.17, 15) is 19.2 Å². The Morgan fingerprint density at radius 3 is 2.52 bits per heavy atom. The molecule has 0 aliphatic carbocycles. The van der Waals surface area contributed by atoms with E-state index in [1.165, 1.54) is 26.2 Å². The van der Waals surface area contributed by atoms with Crippen LogP contribution < -0.4 is 10.6 Å². The Hall–Kier alpha value is -2.90. The third kappa shape index (κ3) is 6.16. The highest BCUT2D eigenvalue weighted by Crippen LogP contribution is 2.11. The minimum atomic E-state index is -1.25. The van der Waals surface area contributed by atoms with Gasteiger partial charge >= 0.3 is 11.9 Å². The van der Waals surface area contributed by atoms with Crippen molar-refractivity contribution < 1.29 is 29.0 Å². The van der Waals surface area contributed by atoms with Crippen LogP contribution in [0.4, 0.5) is 5.69 Å². The predicted molar refractivity (Wildman–Crippen MR) is 80.9 cm³/mol. The molecule has 0 heterocycles. The fraction of sp³-hybridized carbons (Fsp3) is 0.333. The number of carbonyl (C=O) groups is 4. The van der Waals surface area contributed by atoms with Crippen molar-refractivity contribution in [1.29, 1.82) is 0 Å². The topological polar surface area (TPSA) is 122 Å². The van der Waals surface area contributed by atoms with Crippen molar-refractivity contribution in [3.05, 3.63) is 29.8 Å². The van der Waals surface area contributed by atoms with Gasteiger partial charge in [-0.3, -0.25) is 14.4 Å². The zero-order chi connectivity index (χ0) is 17.4. The number of nitrogens with one attached hydrogen (secondary N) is 2. The molecule has 0 unspecified atom stereocenters. The zero-order valence-electron chi connectivity index (χ0n) is 12.8. The molecule has 0 radical (unpaired) electrons. The maximum Gasteiger partial charge on any atom is 0.326 e. The van der Waals surface area contributed by atoms with Crippen molar-refractivity contribution in [2.45, 2.75) is 25.8 Å². The lowest BCUT2D eigenvalue weighted by atomic mass is 10.1. The number of hydrogen-bond acceptors (Lipinski definition) is 5. The van der Waals surface area contributed by atoms with Crippen LogP contribution in [-0.2, 0) is 19.1 Å². The number of amides is 2. The van der Waals surface area contributed by atoms with Crippen LogP contribution in [0.25, 0.3) is 0 Å². The van der Waals surface area contributed by atoms with Crippen molar-refractivity contribution in [2.24, 2.45) is 0 Å². The molecule has 23 heavy (non-hydrogen) atoms. The van der Waals surface area contributed by atoms with E-state index in [-0.39, 0.29) is 24.3 Å². The predicted octanol–water partition coefficient (Wildman–Crippen LogP) is 0.781. The van der Waals surface area contributed by atoms with Gasteiger partial charge in [-0.1, -0.05) is 6.07 Å². The van der Waals surface area contributed by atoms with Crippen LogP contribution in [0.3, 0.4) is 0 Å². The number of hydrogen-bond donors (Lipinski definition) is 3. The standard InChI is InChI=1S/C15H18N2O6/c1-9(18)16-11-5-3-4-10(8-11)14(20)17-12(15(21)22)6-7-13(19)23-2/h3-5,8,12H,6-7H2,1-2H3,(H,16,18)(H,17,20)(H,21,22)/t12-/m0/s1. The largest absolute Gasteiger partial charge is 0.480 e. The molecule has 8 nitrogen and oxygen atoms in total. The number of ether oxygens (including phenoxy) is 1. The third-order valence-corrected chi connectivity index (χ3v) is 2.91. The molecule has 0 bridgehead atoms. The number of esters is 1. The molecule has 1 aromatic carbocycles. The summed E-state index contributed by atoms with van der Waals surface area (Å²) in [6.07, 6.45) is -0.210. The van der Waals surface area contributed by atoms with Crippen LogP contribution in [0.1, 0.15) is 30.1 Å². The summed E-state index contributed by atoms with van der Waals surface area (Å²) in [6.45, 7) is 1.33. The first-order valence-electron chi connectivity index (χ1n) is 6.81. The Kier molecular flexibility index (Phi) is 6.72. The molecule has 0 spiro atoms. The first-order valence-corrected chi connectivity index (χ1v) is 6.81. The highest BCUT2D eigenvalue weighted by atomic mass is 16.5. The van der Waals surface area contributed by atoms with E-state index < -0.39 is 23.9 Å². The summed E-state index contributed by atoms with van der Waals surface area (Å²) in [5.74, 6) is -2.71. The van der Waals surface area contributed by atoms with E-state index in [1.54, 1.807) is 12.1 Å². The first kappa shape index (κ1) is 18.1. The second kappa shape index (κ2) is 8.52. The molecule has 0 fully saturated rings. The number of anilines is 1. The molecular formula is C15H18N2O6. The fourth-order valence-corrected chi connectivity index (χ4v) is 1.80. The summed E-state index contributed by atoms with van der Waals surface area (Å²) in [5.41, 5.74) is 0.618. The second-order valence-electron chi connectivity index (χ2n) is 4.74. The number of methoxy groups -OCH3 is 1. The quantitative estimate of drug-likeness (QED) is 0.638. The number of carboxylic acids is 1. The maximum absolute atomic E-state index is 12.1. The maximum atomic E-state index is 12.1. The minimum absolute atomic E-state index is 0.0842. The Labute approximate surface area is 132 Å². The molecule has 0 saturated carbocycles. The van der Waals surface area contributed by atoms with Crippen molar-refractivity contribution in [2.75, 3.05) is 12.4 Å². The summed E-state index contributed by atoms with van der Waals surface area (Å²) in [5, 5.41) is 14.0. The molecule has 8 heteroatoms. The van der Waals surface area contributed by atoms with E-state index in [4.69, 9.17) is 5.11 Å². The normalized spacial score (nSPS) is 11.2. The van der Waals surface area contributed by atoms with Crippen molar-refractivity contribution in [3.8, 4) is 0 Å². The van der Waals surface area contributed by atoms with Crippen molar-refractivity contribution in [3.63, 3.8) is 0 Å². The van der Waals surface area contributed by atoms with E-state index >= 15 is 0 Å². The summed E-state index contributed by atoms with van der Waals surface area (Å²) in [7, 11) is 1.20. The van der Waals surface area contributed by atoms with E-state index in [0.29, 0.717) is 5.69 Å². The Bertz CT molecular complexity index is 614. The zero-order valence-corrected chi connectivity index (χ0v) is 12.8. The Morgan fingerprint density at radius 2 is 1.96 bits per heavy atom. The van der Waals surface area contributed by atoms with Crippen LogP contribution in [0.2, 0.25) is 0 Å². The van der Waals surface area contributed by atoms with Crippen LogP contribution in [0.5, 0.6) is 0 Å². The highest BCUT2D eigenvalue weighted by molar-refractivity contribution is 5.98. The molecule has 1 rings (SSSR count). The number of benzene rings is 1. The highest BCUT2D eigenvalue weighted by Gasteiger charge is 2.22. The first-order chi connectivity index (χ1) is 10.8. The van der Waals surface area contributed by atoms with Gasteiger partial charge in [-0.05, 0) is 24.6 Å². The summed E-state index contributed by atoms with van der Waals surface area (Å²) < 4.78 is 4.44. The van der Waals surface area contributed by atoms with Gasteiger partial charge in [0.05, 0.1) is 7.11 Å². The average Bonchev–Trinajstić information content (AvgIpc) is 2.50. The van der Waals surface area contributed by atoms with Gasteiger partial charge in [0.15, 0.2) is 0 Å². The number of carboxylic acid groups (broad SMARTS) is 1. The molecule has 3 N–H and O–H groups in total. The van der Waals surface area contributed by atoms with Gasteiger partial charge in [-0.2, -0.15) is 0 Å². The van der Waals surface area contributed by atoms with Crippen LogP contribution >= 0.6 is 0 Å². The number of carbonyl (C=O) groups excluding carboxylic acids is 3. The molecule has 0 aliphatic rings. The lowest BCUT2D eigenvalue weighted by Crippen LogP contribution is -2.41. The molecular weight excluding hydrogens is 304 g/mol. The van der Waals surface area contributed by atoms with Gasteiger partial charge in [0, 0.05) is 24.6 Å². The average molecular weight is 322 g/mol. The van der Waals surface area contributed by atoms with E-state index in [0.717, 1.165) is 0 Å². The van der Waals surface area contributed by atoms with Crippen LogP contribution in [0.15, 0.2) is 24.3 Å². The van der Waals surface area contributed by atoms with Crippen molar-refractivity contribution in [1.82, 2.24) is 5.32 Å². The molecule has 0 saturated heterocycles. The lowest BCUT2D eigenvalue weighted by Gasteiger charge is -2.14. The Morgan fingerprint density at radius 1 is 1.26 bits per heavy atom. The van der Waals surface area contributed by atoms with Gasteiger partial charge in [0.1, 0.15) is 6.04 Å². The molecule has 124 valence electrons. The number of aliphatic carboxylic acids is 1. The van der Waals surface area contributed by atoms with Gasteiger partial charge in [-0.25, -0.2) is 4.79 Å². The smallest absolute Gasteiger partial charge is 0.326 e. The lowest BCUT2D eigenvalue weighted by molar-refractivity contribution is -0.142. The summed E-state index contributed by atoms with van der Waals surface area (Å²) in [4.78, 5) is 45.3. The molecule has 1 atom stereocenters. The van der Waals surface area contributed by atoms with Crippen molar-refractivity contribution >= 4 is 29.4 Å². The minimum Gasteiger partial charge on any atom is -0.480 e. The molecule has 0 aliphatic heterocycles. The Balaban J connectivity index is 2.76. The fourth-order valence-electron chi connectivity index (χ4n) is 1.80. The van der Waals surface area contributed by atoms with E-state index in [1.807, 2.05) is 0 Å². The molecule has 0 aromatic heterocycles. The molecule has 2 amide bonds. The van der Waals surface area contributed by atoms with Crippen LogP contribution in [-0.4, -0.2) is 42.0 Å². The van der Waals surface area contributed by atoms with Gasteiger partial charge in [-0.15, -0.1) is 0 Å². The monoisotopic (exact) mass is 322 g/mol. The van der Waals surface area contributed by atoms with Gasteiger partial charge in [0.25, 0.3) is 5.91 Å².